The van der Waals surface area contributed by atoms with Gasteiger partial charge in [0.15, 0.2) is 5.78 Å². The van der Waals surface area contributed by atoms with Crippen LogP contribution in [-0.4, -0.2) is 16.0 Å². The van der Waals surface area contributed by atoms with Crippen molar-refractivity contribution in [3.05, 3.63) is 59.7 Å². The van der Waals surface area contributed by atoms with Crippen LogP contribution in [-0.2, 0) is 4.79 Å². The van der Waals surface area contributed by atoms with Crippen molar-refractivity contribution in [2.75, 3.05) is 0 Å². The third-order valence-corrected chi connectivity index (χ3v) is 5.63. The zero-order valence-electron chi connectivity index (χ0n) is 13.4. The molecule has 1 saturated carbocycles. The van der Waals surface area contributed by atoms with E-state index in [-0.39, 0.29) is 41.2 Å². The molecule has 0 unspecified atom stereocenters. The third-order valence-electron chi connectivity index (χ3n) is 5.63. The van der Waals surface area contributed by atoms with Crippen molar-refractivity contribution in [3.8, 4) is 11.5 Å². The summed E-state index contributed by atoms with van der Waals surface area (Å²) in [7, 11) is 0. The van der Waals surface area contributed by atoms with E-state index in [1.54, 1.807) is 24.3 Å². The summed E-state index contributed by atoms with van der Waals surface area (Å²) < 4.78 is 0. The number of hydrogen-bond acceptors (Lipinski definition) is 3. The fraction of sp³-hybridized carbons (Fsp3) is 0.350. The Labute approximate surface area is 141 Å². The minimum absolute atomic E-state index is 0.0563. The van der Waals surface area contributed by atoms with E-state index < -0.39 is 0 Å². The second-order valence-corrected chi connectivity index (χ2v) is 6.91. The van der Waals surface area contributed by atoms with Gasteiger partial charge in [-0.05, 0) is 37.1 Å². The molecule has 124 valence electrons. The maximum absolute atomic E-state index is 13.0. The van der Waals surface area contributed by atoms with Gasteiger partial charge in [0.25, 0.3) is 0 Å². The lowest BCUT2D eigenvalue weighted by Crippen LogP contribution is -2.92. The van der Waals surface area contributed by atoms with Crippen molar-refractivity contribution < 1.29 is 20.3 Å². The van der Waals surface area contributed by atoms with Gasteiger partial charge in [-0.1, -0.05) is 30.7 Å². The maximum atomic E-state index is 13.0. The number of benzene rings is 2. The normalized spacial score (nSPS) is 29.4. The molecule has 2 aromatic carbocycles. The highest BCUT2D eigenvalue weighted by molar-refractivity contribution is 5.86. The van der Waals surface area contributed by atoms with E-state index in [1.807, 2.05) is 24.3 Å². The molecule has 2 aliphatic rings. The Kier molecular flexibility index (Phi) is 3.77. The smallest absolute Gasteiger partial charge is 0.151 e. The third kappa shape index (κ3) is 2.38. The Bertz CT molecular complexity index is 711. The second kappa shape index (κ2) is 5.95. The molecule has 0 aromatic heterocycles. The monoisotopic (exact) mass is 324 g/mol. The van der Waals surface area contributed by atoms with Gasteiger partial charge in [0.05, 0.1) is 23.0 Å². The number of phenols is 2. The van der Waals surface area contributed by atoms with Gasteiger partial charge < -0.3 is 15.5 Å². The average Bonchev–Trinajstić information content (AvgIpc) is 2.57. The summed E-state index contributed by atoms with van der Waals surface area (Å²) in [4.78, 5) is 13.0. The molecule has 2 aromatic rings. The summed E-state index contributed by atoms with van der Waals surface area (Å²) in [6, 6.07) is 14.4. The molecular formula is C20H22NO3+. The van der Waals surface area contributed by atoms with Crippen LogP contribution in [0.5, 0.6) is 11.5 Å². The highest BCUT2D eigenvalue weighted by Crippen LogP contribution is 2.44. The van der Waals surface area contributed by atoms with E-state index in [0.717, 1.165) is 30.4 Å². The van der Waals surface area contributed by atoms with Gasteiger partial charge >= 0.3 is 0 Å². The molecule has 1 saturated heterocycles. The number of rotatable bonds is 2. The number of hydrogen-bond donors (Lipinski definition) is 3. The van der Waals surface area contributed by atoms with Crippen LogP contribution in [0.3, 0.4) is 0 Å². The van der Waals surface area contributed by atoms with Crippen LogP contribution in [0.4, 0.5) is 0 Å². The molecule has 4 nitrogen and oxygen atoms in total. The lowest BCUT2D eigenvalue weighted by molar-refractivity contribution is -0.750. The number of piperidine rings is 1. The molecule has 4 heteroatoms. The molecule has 24 heavy (non-hydrogen) atoms. The molecule has 0 amide bonds. The number of carbonyl (C=O) groups excluding carboxylic acids is 1. The van der Waals surface area contributed by atoms with Crippen molar-refractivity contribution in [1.29, 1.82) is 0 Å². The number of carbonyl (C=O) groups is 1. The number of quaternary nitrogens is 1. The first kappa shape index (κ1) is 15.2. The van der Waals surface area contributed by atoms with Crippen LogP contribution in [0, 0.1) is 11.8 Å². The van der Waals surface area contributed by atoms with E-state index in [0.29, 0.717) is 0 Å². The number of Topliss-reactive ketones (excluding diaryl/α,β-unsaturated/α-hetero) is 1. The lowest BCUT2D eigenvalue weighted by Gasteiger charge is -2.42. The van der Waals surface area contributed by atoms with Crippen LogP contribution in [0.1, 0.15) is 42.5 Å². The Morgan fingerprint density at radius 1 is 0.792 bits per heavy atom. The Morgan fingerprint density at radius 2 is 1.25 bits per heavy atom. The van der Waals surface area contributed by atoms with Crippen LogP contribution < -0.4 is 5.32 Å². The fourth-order valence-electron chi connectivity index (χ4n) is 4.50. The molecule has 0 radical (unpaired) electrons. The van der Waals surface area contributed by atoms with E-state index in [9.17, 15) is 15.0 Å². The summed E-state index contributed by atoms with van der Waals surface area (Å²) in [5.74, 6) is 0.654. The Balaban J connectivity index is 1.78. The Morgan fingerprint density at radius 3 is 1.71 bits per heavy atom. The van der Waals surface area contributed by atoms with Crippen LogP contribution in [0.25, 0.3) is 0 Å². The van der Waals surface area contributed by atoms with E-state index in [2.05, 4.69) is 5.32 Å². The van der Waals surface area contributed by atoms with Crippen LogP contribution in [0.15, 0.2) is 48.5 Å². The minimum Gasteiger partial charge on any atom is -0.507 e. The first-order valence-electron chi connectivity index (χ1n) is 8.61. The molecule has 1 heterocycles. The highest BCUT2D eigenvalue weighted by Gasteiger charge is 2.50. The van der Waals surface area contributed by atoms with Crippen molar-refractivity contribution in [3.63, 3.8) is 0 Å². The van der Waals surface area contributed by atoms with Gasteiger partial charge in [-0.3, -0.25) is 4.79 Å². The van der Waals surface area contributed by atoms with Crippen molar-refractivity contribution in [1.82, 2.24) is 0 Å². The number of ketones is 1. The van der Waals surface area contributed by atoms with Gasteiger partial charge in [-0.15, -0.1) is 0 Å². The molecule has 0 spiro atoms. The highest BCUT2D eigenvalue weighted by atomic mass is 16.3. The van der Waals surface area contributed by atoms with E-state index in [1.165, 1.54) is 0 Å². The molecule has 2 bridgehead atoms. The Hall–Kier alpha value is -2.33. The standard InChI is InChI=1S/C20H21NO3/c22-16-10-3-1-6-12(16)18-14-8-5-9-15(20(14)24)19(21-18)13-7-2-4-11-17(13)23/h1-4,6-7,10-11,14-15,18-19,21-23H,5,8-9H2/p+1/t14-,15-,18+,19+/m1/s1. The zero-order chi connectivity index (χ0) is 16.7. The van der Waals surface area contributed by atoms with E-state index >= 15 is 0 Å². The van der Waals surface area contributed by atoms with Gasteiger partial charge in [0.2, 0.25) is 0 Å². The number of fused-ring (bicyclic) bond motifs is 2. The summed E-state index contributed by atoms with van der Waals surface area (Å²) in [5.41, 5.74) is 1.63. The predicted molar refractivity (Wildman–Crippen MR) is 89.5 cm³/mol. The molecule has 1 aliphatic heterocycles. The van der Waals surface area contributed by atoms with E-state index in [4.69, 9.17) is 0 Å². The quantitative estimate of drug-likeness (QED) is 0.794. The first-order chi connectivity index (χ1) is 11.7. The molecular weight excluding hydrogens is 302 g/mol. The largest absolute Gasteiger partial charge is 0.507 e. The van der Waals surface area contributed by atoms with Gasteiger partial charge in [0, 0.05) is 0 Å². The first-order valence-corrected chi connectivity index (χ1v) is 8.61. The van der Waals surface area contributed by atoms with Crippen LogP contribution in [0.2, 0.25) is 0 Å². The van der Waals surface area contributed by atoms with Gasteiger partial charge in [-0.2, -0.15) is 0 Å². The summed E-state index contributed by atoms with van der Waals surface area (Å²) in [5, 5.41) is 22.7. The molecule has 4 atom stereocenters. The van der Waals surface area contributed by atoms with Crippen molar-refractivity contribution in [2.24, 2.45) is 11.8 Å². The number of para-hydroxylation sites is 2. The fourth-order valence-corrected chi connectivity index (χ4v) is 4.50. The zero-order valence-corrected chi connectivity index (χ0v) is 13.4. The van der Waals surface area contributed by atoms with Crippen molar-refractivity contribution in [2.45, 2.75) is 31.3 Å². The minimum atomic E-state index is -0.0974. The van der Waals surface area contributed by atoms with Crippen LogP contribution >= 0.6 is 0 Å². The molecule has 2 fully saturated rings. The van der Waals surface area contributed by atoms with Gasteiger partial charge in [-0.25, -0.2) is 0 Å². The molecule has 4 rings (SSSR count). The maximum Gasteiger partial charge on any atom is 0.151 e. The van der Waals surface area contributed by atoms with Gasteiger partial charge in [0.1, 0.15) is 23.6 Å². The second-order valence-electron chi connectivity index (χ2n) is 6.91. The number of phenolic OH excluding ortho intramolecular Hbond substituents is 2. The topological polar surface area (TPSA) is 74.1 Å². The molecule has 1 aliphatic carbocycles. The SMILES string of the molecule is O=C1[C@@H]2CCC[C@@H]1[C@H](c1ccccc1O)[NH2+][C@H]2c1ccccc1O. The summed E-state index contributed by atoms with van der Waals surface area (Å²) >= 11 is 0. The lowest BCUT2D eigenvalue weighted by atomic mass is 9.67. The average molecular weight is 324 g/mol. The summed E-state index contributed by atoms with van der Waals surface area (Å²) in [6.07, 6.45) is 2.76. The predicted octanol–water partition coefficient (Wildman–Crippen LogP) is 2.44. The van der Waals surface area contributed by atoms with Crippen molar-refractivity contribution >= 4 is 5.78 Å². The molecule has 4 N–H and O–H groups in total. The summed E-state index contributed by atoms with van der Waals surface area (Å²) in [6.45, 7) is 0. The number of aromatic hydroxyl groups is 2. The number of nitrogens with two attached hydrogens (primary N) is 1.